The van der Waals surface area contributed by atoms with Crippen molar-refractivity contribution in [1.82, 2.24) is 0 Å². The summed E-state index contributed by atoms with van der Waals surface area (Å²) in [4.78, 5) is 1.21. The molecule has 4 rings (SSSR count). The Morgan fingerprint density at radius 3 is 2.85 bits per heavy atom. The fraction of sp³-hybridized carbons (Fsp3) is 0.652. The lowest BCUT2D eigenvalue weighted by molar-refractivity contribution is 0.134. The summed E-state index contributed by atoms with van der Waals surface area (Å²) in [6.07, 6.45) is 11.3. The first-order valence-electron chi connectivity index (χ1n) is 10.6. The molecular weight excluding hydrogens is 356 g/mol. The molecule has 2 saturated carbocycles. The van der Waals surface area contributed by atoms with Gasteiger partial charge >= 0.3 is 0 Å². The number of thioether (sulfide) groups is 1. The van der Waals surface area contributed by atoms with E-state index in [0.717, 1.165) is 17.9 Å². The van der Waals surface area contributed by atoms with E-state index >= 15 is 0 Å². The molecule has 0 amide bonds. The molecule has 0 saturated heterocycles. The van der Waals surface area contributed by atoms with Crippen molar-refractivity contribution in [2.45, 2.75) is 81.0 Å². The van der Waals surface area contributed by atoms with Crippen LogP contribution in [0.4, 0.5) is 0 Å². The number of hydrogen-bond acceptors (Lipinski definition) is 4. The molecule has 1 heterocycles. The lowest BCUT2D eigenvalue weighted by atomic mass is 9.84. The van der Waals surface area contributed by atoms with Crippen LogP contribution >= 0.6 is 11.8 Å². The van der Waals surface area contributed by atoms with Crippen LogP contribution in [0.2, 0.25) is 0 Å². The summed E-state index contributed by atoms with van der Waals surface area (Å²) in [5.74, 6) is 2.93. The number of aliphatic hydroxyl groups excluding tert-OH is 2. The van der Waals surface area contributed by atoms with Crippen molar-refractivity contribution in [3.63, 3.8) is 0 Å². The van der Waals surface area contributed by atoms with E-state index in [-0.39, 0.29) is 17.9 Å². The molecule has 3 aliphatic rings. The highest BCUT2D eigenvalue weighted by molar-refractivity contribution is 7.99. The molecule has 148 valence electrons. The molecular formula is C23H32O3S. The first-order chi connectivity index (χ1) is 13.2. The van der Waals surface area contributed by atoms with Gasteiger partial charge in [0, 0.05) is 28.7 Å². The van der Waals surface area contributed by atoms with E-state index in [1.54, 1.807) is 0 Å². The Labute approximate surface area is 167 Å². The van der Waals surface area contributed by atoms with Crippen molar-refractivity contribution >= 4 is 11.8 Å². The minimum absolute atomic E-state index is 0.0270. The van der Waals surface area contributed by atoms with Crippen LogP contribution in [-0.2, 0) is 0 Å². The van der Waals surface area contributed by atoms with Gasteiger partial charge in [-0.3, -0.25) is 0 Å². The fourth-order valence-electron chi connectivity index (χ4n) is 5.25. The predicted octanol–water partition coefficient (Wildman–Crippen LogP) is 4.91. The Morgan fingerprint density at radius 1 is 1.26 bits per heavy atom. The topological polar surface area (TPSA) is 49.7 Å². The number of hydrogen-bond donors (Lipinski definition) is 2. The fourth-order valence-corrected chi connectivity index (χ4v) is 6.03. The predicted molar refractivity (Wildman–Crippen MR) is 110 cm³/mol. The molecule has 2 N–H and O–H groups in total. The van der Waals surface area contributed by atoms with Crippen molar-refractivity contribution in [1.29, 1.82) is 0 Å². The molecule has 2 aliphatic carbocycles. The Hall–Kier alpha value is -0.970. The summed E-state index contributed by atoms with van der Waals surface area (Å²) in [5, 5.41) is 21.1. The molecule has 3 nitrogen and oxygen atoms in total. The number of fused-ring (bicyclic) bond motifs is 3. The zero-order valence-corrected chi connectivity index (χ0v) is 17.0. The highest BCUT2D eigenvalue weighted by atomic mass is 32.2. The van der Waals surface area contributed by atoms with Crippen molar-refractivity contribution < 1.29 is 14.9 Å². The third kappa shape index (κ3) is 4.08. The zero-order valence-electron chi connectivity index (χ0n) is 16.2. The number of benzene rings is 1. The molecule has 0 radical (unpaired) electrons. The highest BCUT2D eigenvalue weighted by Crippen LogP contribution is 2.53. The molecule has 0 unspecified atom stereocenters. The number of rotatable bonds is 6. The van der Waals surface area contributed by atoms with Crippen LogP contribution in [0.25, 0.3) is 0 Å². The van der Waals surface area contributed by atoms with E-state index in [0.29, 0.717) is 12.3 Å². The first kappa shape index (κ1) is 19.4. The molecule has 0 spiro atoms. The summed E-state index contributed by atoms with van der Waals surface area (Å²) in [6.45, 7) is 2.16. The Kier molecular flexibility index (Phi) is 6.15. The van der Waals surface area contributed by atoms with Crippen LogP contribution in [0, 0.1) is 11.8 Å². The third-order valence-electron chi connectivity index (χ3n) is 6.53. The maximum Gasteiger partial charge on any atom is 0.136 e. The monoisotopic (exact) mass is 388 g/mol. The molecule has 1 aliphatic heterocycles. The molecule has 0 bridgehead atoms. The van der Waals surface area contributed by atoms with Gasteiger partial charge in [-0.1, -0.05) is 63.3 Å². The minimum atomic E-state index is -0.400. The first-order valence-corrected chi connectivity index (χ1v) is 11.6. The van der Waals surface area contributed by atoms with Crippen LogP contribution in [0.1, 0.15) is 63.4 Å². The van der Waals surface area contributed by atoms with Gasteiger partial charge in [-0.15, -0.1) is 11.8 Å². The average Bonchev–Trinajstić information content (AvgIpc) is 3.17. The van der Waals surface area contributed by atoms with E-state index in [1.807, 2.05) is 17.8 Å². The Bertz CT molecular complexity index is 668. The van der Waals surface area contributed by atoms with Crippen LogP contribution in [-0.4, -0.2) is 34.3 Å². The Balaban J connectivity index is 1.47. The van der Waals surface area contributed by atoms with Gasteiger partial charge in [0.1, 0.15) is 11.9 Å². The quantitative estimate of drug-likeness (QED) is 0.537. The molecule has 4 heteroatoms. The largest absolute Gasteiger partial charge is 0.488 e. The smallest absolute Gasteiger partial charge is 0.136 e. The SMILES string of the molecule is CCSc1cccc2c1O[C@H]1C[C@@H](O)[C@H](/C=C/[C@@H](O)CC3CCCCC3)[C@@H]21. The lowest BCUT2D eigenvalue weighted by Crippen LogP contribution is -2.18. The molecule has 0 aromatic heterocycles. The standard InChI is InChI=1S/C23H32O3S/c1-2-27-21-10-6-9-18-22-17(19(25)14-20(22)26-23(18)21)12-11-16(24)13-15-7-4-3-5-8-15/h6,9-12,15-17,19-20,22,24-25H,2-5,7-8,13-14H2,1H3/b12-11+/t16-,17+,19-,20+,22+/m1/s1. The van der Waals surface area contributed by atoms with E-state index in [2.05, 4.69) is 31.2 Å². The summed E-state index contributed by atoms with van der Waals surface area (Å²) in [5.41, 5.74) is 1.23. The second-order valence-electron chi connectivity index (χ2n) is 8.36. The van der Waals surface area contributed by atoms with Crippen molar-refractivity contribution in [2.24, 2.45) is 11.8 Å². The summed E-state index contributed by atoms with van der Waals surface area (Å²) >= 11 is 1.81. The van der Waals surface area contributed by atoms with Crippen molar-refractivity contribution in [3.05, 3.63) is 35.9 Å². The van der Waals surface area contributed by atoms with Gasteiger partial charge in [0.25, 0.3) is 0 Å². The molecule has 1 aromatic rings. The number of aliphatic hydroxyl groups is 2. The highest BCUT2D eigenvalue weighted by Gasteiger charge is 2.49. The maximum atomic E-state index is 10.6. The zero-order chi connectivity index (χ0) is 18.8. The van der Waals surface area contributed by atoms with E-state index in [1.165, 1.54) is 42.6 Å². The number of ether oxygens (including phenoxy) is 1. The normalized spacial score (nSPS) is 31.7. The van der Waals surface area contributed by atoms with E-state index in [9.17, 15) is 10.2 Å². The van der Waals surface area contributed by atoms with Gasteiger partial charge in [0.2, 0.25) is 0 Å². The molecule has 5 atom stereocenters. The van der Waals surface area contributed by atoms with Gasteiger partial charge < -0.3 is 14.9 Å². The van der Waals surface area contributed by atoms with Crippen LogP contribution in [0.15, 0.2) is 35.2 Å². The molecule has 1 aromatic carbocycles. The van der Waals surface area contributed by atoms with Crippen molar-refractivity contribution in [2.75, 3.05) is 5.75 Å². The van der Waals surface area contributed by atoms with Gasteiger partial charge in [-0.05, 0) is 24.2 Å². The lowest BCUT2D eigenvalue weighted by Gasteiger charge is -2.23. The van der Waals surface area contributed by atoms with E-state index in [4.69, 9.17) is 4.74 Å². The van der Waals surface area contributed by atoms with Crippen LogP contribution in [0.3, 0.4) is 0 Å². The summed E-state index contributed by atoms with van der Waals surface area (Å²) < 4.78 is 6.27. The molecule has 27 heavy (non-hydrogen) atoms. The average molecular weight is 389 g/mol. The second-order valence-corrected chi connectivity index (χ2v) is 9.67. The number of para-hydroxylation sites is 1. The van der Waals surface area contributed by atoms with Gasteiger partial charge in [0.15, 0.2) is 0 Å². The van der Waals surface area contributed by atoms with E-state index < -0.39 is 12.2 Å². The Morgan fingerprint density at radius 2 is 2.07 bits per heavy atom. The summed E-state index contributed by atoms with van der Waals surface area (Å²) in [7, 11) is 0. The third-order valence-corrected chi connectivity index (χ3v) is 7.45. The van der Waals surface area contributed by atoms with Gasteiger partial charge in [-0.2, -0.15) is 0 Å². The van der Waals surface area contributed by atoms with Crippen LogP contribution < -0.4 is 4.74 Å². The van der Waals surface area contributed by atoms with Gasteiger partial charge in [0.05, 0.1) is 12.2 Å². The summed E-state index contributed by atoms with van der Waals surface area (Å²) in [6, 6.07) is 6.38. The maximum absolute atomic E-state index is 10.6. The molecule has 2 fully saturated rings. The second kappa shape index (κ2) is 8.59. The minimum Gasteiger partial charge on any atom is -0.488 e. The van der Waals surface area contributed by atoms with Gasteiger partial charge in [-0.25, -0.2) is 0 Å². The van der Waals surface area contributed by atoms with Crippen molar-refractivity contribution in [3.8, 4) is 5.75 Å². The van der Waals surface area contributed by atoms with Crippen LogP contribution in [0.5, 0.6) is 5.75 Å².